The Kier molecular flexibility index (Phi) is 6.63. The van der Waals surface area contributed by atoms with Crippen LogP contribution in [0.2, 0.25) is 0 Å². The van der Waals surface area contributed by atoms with E-state index in [1.54, 1.807) is 0 Å². The molecule has 1 aliphatic heterocycles. The fourth-order valence-electron chi connectivity index (χ4n) is 2.33. The molecule has 0 radical (unpaired) electrons. The number of hydrogen-bond acceptors (Lipinski definition) is 3. The molecule has 6 nitrogen and oxygen atoms in total. The van der Waals surface area contributed by atoms with E-state index in [1.807, 2.05) is 0 Å². The van der Waals surface area contributed by atoms with Gasteiger partial charge in [-0.3, -0.25) is 0 Å². The number of carboxylic acids is 1. The summed E-state index contributed by atoms with van der Waals surface area (Å²) < 4.78 is 24.9. The average molecular weight is 294 g/mol. The first-order valence-electron chi connectivity index (χ1n) is 6.64. The summed E-state index contributed by atoms with van der Waals surface area (Å²) in [5, 5.41) is 18.0. The van der Waals surface area contributed by atoms with Crippen LogP contribution in [0.1, 0.15) is 25.7 Å². The number of urea groups is 1. The van der Waals surface area contributed by atoms with Crippen molar-refractivity contribution < 1.29 is 28.6 Å². The smallest absolute Gasteiger partial charge is 0.326 e. The van der Waals surface area contributed by atoms with Gasteiger partial charge >= 0.3 is 12.0 Å². The molecule has 0 saturated carbocycles. The first kappa shape index (κ1) is 16.6. The number of halogens is 2. The second-order valence-electron chi connectivity index (χ2n) is 4.74. The first-order valence-corrected chi connectivity index (χ1v) is 6.64. The lowest BCUT2D eigenvalue weighted by Gasteiger charge is -2.32. The Morgan fingerprint density at radius 3 is 2.55 bits per heavy atom. The third kappa shape index (κ3) is 4.59. The van der Waals surface area contributed by atoms with Crippen LogP contribution in [-0.4, -0.2) is 70.7 Å². The Balaban J connectivity index is 2.84. The predicted molar refractivity (Wildman–Crippen MR) is 66.7 cm³/mol. The van der Waals surface area contributed by atoms with Crippen molar-refractivity contribution in [3.8, 4) is 0 Å². The number of aliphatic hydroxyl groups is 1. The zero-order valence-electron chi connectivity index (χ0n) is 11.2. The predicted octanol–water partition coefficient (Wildman–Crippen LogP) is 0.995. The molecule has 1 unspecified atom stereocenters. The molecule has 8 heteroatoms. The molecule has 2 amide bonds. The minimum atomic E-state index is -2.72. The van der Waals surface area contributed by atoms with Crippen LogP contribution >= 0.6 is 0 Å². The zero-order chi connectivity index (χ0) is 15.1. The molecule has 1 fully saturated rings. The highest BCUT2D eigenvalue weighted by molar-refractivity contribution is 5.82. The molecular weight excluding hydrogens is 274 g/mol. The van der Waals surface area contributed by atoms with E-state index in [4.69, 9.17) is 10.2 Å². The molecule has 0 aromatic carbocycles. The SMILES string of the molecule is O=C(O)C1CCCCCN1C(=O)N(CCO)CC(F)F. The maximum Gasteiger partial charge on any atom is 0.326 e. The summed E-state index contributed by atoms with van der Waals surface area (Å²) in [5.74, 6) is -1.12. The Morgan fingerprint density at radius 1 is 1.30 bits per heavy atom. The van der Waals surface area contributed by atoms with Gasteiger partial charge in [0, 0.05) is 13.1 Å². The van der Waals surface area contributed by atoms with Gasteiger partial charge in [0.1, 0.15) is 6.04 Å². The van der Waals surface area contributed by atoms with E-state index in [0.717, 1.165) is 16.2 Å². The highest BCUT2D eigenvalue weighted by atomic mass is 19.3. The minimum absolute atomic E-state index is 0.230. The summed E-state index contributed by atoms with van der Waals surface area (Å²) >= 11 is 0. The number of rotatable bonds is 5. The lowest BCUT2D eigenvalue weighted by atomic mass is 10.1. The van der Waals surface area contributed by atoms with Gasteiger partial charge in [-0.1, -0.05) is 12.8 Å². The van der Waals surface area contributed by atoms with Crippen LogP contribution in [0.3, 0.4) is 0 Å². The Morgan fingerprint density at radius 2 is 2.00 bits per heavy atom. The van der Waals surface area contributed by atoms with Crippen LogP contribution in [0, 0.1) is 0 Å². The molecule has 0 aromatic rings. The number of alkyl halides is 2. The van der Waals surface area contributed by atoms with Crippen LogP contribution in [0.4, 0.5) is 13.6 Å². The van der Waals surface area contributed by atoms with E-state index >= 15 is 0 Å². The molecule has 0 bridgehead atoms. The summed E-state index contributed by atoms with van der Waals surface area (Å²) in [4.78, 5) is 25.4. The number of aliphatic carboxylic acids is 1. The number of carboxylic acid groups (broad SMARTS) is 1. The molecule has 0 aromatic heterocycles. The molecular formula is C12H20F2N2O4. The van der Waals surface area contributed by atoms with E-state index in [9.17, 15) is 18.4 Å². The topological polar surface area (TPSA) is 81.1 Å². The number of aliphatic hydroxyl groups excluding tert-OH is 1. The van der Waals surface area contributed by atoms with Crippen LogP contribution in [0.15, 0.2) is 0 Å². The second-order valence-corrected chi connectivity index (χ2v) is 4.74. The Labute approximate surface area is 116 Å². The molecule has 1 rings (SSSR count). The summed E-state index contributed by atoms with van der Waals surface area (Å²) in [7, 11) is 0. The van der Waals surface area contributed by atoms with Crippen molar-refractivity contribution >= 4 is 12.0 Å². The number of likely N-dealkylation sites (tertiary alicyclic amines) is 1. The van der Waals surface area contributed by atoms with Crippen LogP contribution in [-0.2, 0) is 4.79 Å². The monoisotopic (exact) mass is 294 g/mol. The normalized spacial score (nSPS) is 19.8. The third-order valence-corrected chi connectivity index (χ3v) is 3.28. The van der Waals surface area contributed by atoms with Gasteiger partial charge < -0.3 is 20.0 Å². The fourth-order valence-corrected chi connectivity index (χ4v) is 2.33. The highest BCUT2D eigenvalue weighted by Gasteiger charge is 2.33. The van der Waals surface area contributed by atoms with Crippen LogP contribution in [0.25, 0.3) is 0 Å². The van der Waals surface area contributed by atoms with Gasteiger partial charge in [0.25, 0.3) is 6.43 Å². The van der Waals surface area contributed by atoms with Crippen LogP contribution in [0.5, 0.6) is 0 Å². The molecule has 0 aliphatic carbocycles. The van der Waals surface area contributed by atoms with Crippen molar-refractivity contribution in [3.63, 3.8) is 0 Å². The van der Waals surface area contributed by atoms with Gasteiger partial charge in [0.05, 0.1) is 13.2 Å². The van der Waals surface area contributed by atoms with Crippen molar-refractivity contribution in [2.24, 2.45) is 0 Å². The lowest BCUT2D eigenvalue weighted by molar-refractivity contribution is -0.142. The molecule has 0 spiro atoms. The standard InChI is InChI=1S/C12H20F2N2O4/c13-10(14)8-15(6-7-17)12(20)16-5-3-1-2-4-9(16)11(18)19/h9-10,17H,1-8H2,(H,18,19). The quantitative estimate of drug-likeness (QED) is 0.792. The molecule has 1 aliphatic rings. The number of carbonyl (C=O) groups is 2. The molecule has 1 atom stereocenters. The van der Waals surface area contributed by atoms with Gasteiger partial charge in [-0.15, -0.1) is 0 Å². The van der Waals surface area contributed by atoms with Gasteiger partial charge in [0.15, 0.2) is 0 Å². The van der Waals surface area contributed by atoms with Crippen LogP contribution < -0.4 is 0 Å². The summed E-state index contributed by atoms with van der Waals surface area (Å²) in [6.07, 6.45) is -0.251. The molecule has 1 saturated heterocycles. The largest absolute Gasteiger partial charge is 0.480 e. The fraction of sp³-hybridized carbons (Fsp3) is 0.833. The van der Waals surface area contributed by atoms with Crippen molar-refractivity contribution in [2.75, 3.05) is 26.2 Å². The number of carbonyl (C=O) groups excluding carboxylic acids is 1. The van der Waals surface area contributed by atoms with E-state index < -0.39 is 37.6 Å². The highest BCUT2D eigenvalue weighted by Crippen LogP contribution is 2.19. The molecule has 1 heterocycles. The molecule has 116 valence electrons. The van der Waals surface area contributed by atoms with Gasteiger partial charge in [-0.05, 0) is 12.8 Å². The zero-order valence-corrected chi connectivity index (χ0v) is 11.2. The van der Waals surface area contributed by atoms with E-state index in [0.29, 0.717) is 19.3 Å². The minimum Gasteiger partial charge on any atom is -0.480 e. The number of hydrogen-bond donors (Lipinski definition) is 2. The lowest BCUT2D eigenvalue weighted by Crippen LogP contribution is -2.52. The second kappa shape index (κ2) is 7.98. The first-order chi connectivity index (χ1) is 9.47. The Bertz CT molecular complexity index is 341. The van der Waals surface area contributed by atoms with E-state index in [1.165, 1.54) is 0 Å². The van der Waals surface area contributed by atoms with Gasteiger partial charge in [-0.2, -0.15) is 0 Å². The van der Waals surface area contributed by atoms with Crippen molar-refractivity contribution in [1.29, 1.82) is 0 Å². The number of amides is 2. The number of nitrogens with zero attached hydrogens (tertiary/aromatic N) is 2. The maximum absolute atomic E-state index is 12.5. The third-order valence-electron chi connectivity index (χ3n) is 3.28. The summed E-state index contributed by atoms with van der Waals surface area (Å²) in [5.41, 5.74) is 0. The van der Waals surface area contributed by atoms with E-state index in [-0.39, 0.29) is 13.1 Å². The summed E-state index contributed by atoms with van der Waals surface area (Å²) in [6, 6.07) is -1.72. The maximum atomic E-state index is 12.5. The Hall–Kier alpha value is -1.44. The van der Waals surface area contributed by atoms with E-state index in [2.05, 4.69) is 0 Å². The molecule has 20 heavy (non-hydrogen) atoms. The van der Waals surface area contributed by atoms with Crippen molar-refractivity contribution in [1.82, 2.24) is 9.80 Å². The van der Waals surface area contributed by atoms with Crippen molar-refractivity contribution in [3.05, 3.63) is 0 Å². The van der Waals surface area contributed by atoms with Gasteiger partial charge in [-0.25, -0.2) is 18.4 Å². The summed E-state index contributed by atoms with van der Waals surface area (Å²) in [6.45, 7) is -1.24. The van der Waals surface area contributed by atoms with Gasteiger partial charge in [0.2, 0.25) is 0 Å². The van der Waals surface area contributed by atoms with Crippen molar-refractivity contribution in [2.45, 2.75) is 38.2 Å². The molecule has 2 N–H and O–H groups in total. The average Bonchev–Trinajstić information content (AvgIpc) is 2.62.